The zero-order valence-electron chi connectivity index (χ0n) is 12.5. The number of carboxylic acids is 1. The van der Waals surface area contributed by atoms with Gasteiger partial charge in [0.25, 0.3) is 5.91 Å². The molecule has 2 unspecified atom stereocenters. The molecule has 2 atom stereocenters. The first kappa shape index (κ1) is 18.5. The lowest BCUT2D eigenvalue weighted by Gasteiger charge is -2.25. The number of nitrogens with one attached hydrogen (secondary N) is 1. The first-order valence-electron chi connectivity index (χ1n) is 7.20. The Hall–Kier alpha value is -1.86. The van der Waals surface area contributed by atoms with E-state index in [0.717, 1.165) is 0 Å². The van der Waals surface area contributed by atoms with Gasteiger partial charge in [-0.25, -0.2) is 9.18 Å². The number of nitrogens with zero attached hydrogens (tertiary/aromatic N) is 1. The molecule has 0 aliphatic carbocycles. The SMILES string of the molecule is O=C(O)C(CF)NC(=O)C1CCCN1C(=O)c1ccc(Cl)c(Cl)c1. The van der Waals surface area contributed by atoms with Crippen LogP contribution in [-0.4, -0.2) is 53.1 Å². The average Bonchev–Trinajstić information content (AvgIpc) is 3.03. The molecule has 0 saturated carbocycles. The Morgan fingerprint density at radius 1 is 1.33 bits per heavy atom. The fourth-order valence-electron chi connectivity index (χ4n) is 2.51. The highest BCUT2D eigenvalue weighted by Crippen LogP contribution is 2.26. The van der Waals surface area contributed by atoms with E-state index in [1.54, 1.807) is 0 Å². The van der Waals surface area contributed by atoms with Gasteiger partial charge in [-0.05, 0) is 31.0 Å². The number of halogens is 3. The summed E-state index contributed by atoms with van der Waals surface area (Å²) in [6.45, 7) is -0.890. The highest BCUT2D eigenvalue weighted by atomic mass is 35.5. The van der Waals surface area contributed by atoms with Gasteiger partial charge in [-0.1, -0.05) is 23.2 Å². The third kappa shape index (κ3) is 3.96. The molecule has 1 aromatic carbocycles. The van der Waals surface area contributed by atoms with E-state index in [9.17, 15) is 18.8 Å². The van der Waals surface area contributed by atoms with Crippen molar-refractivity contribution in [3.05, 3.63) is 33.8 Å². The Labute approximate surface area is 147 Å². The van der Waals surface area contributed by atoms with Crippen LogP contribution in [-0.2, 0) is 9.59 Å². The second kappa shape index (κ2) is 7.81. The third-order valence-corrected chi connectivity index (χ3v) is 4.49. The minimum Gasteiger partial charge on any atom is -0.480 e. The minimum atomic E-state index is -1.62. The maximum atomic E-state index is 12.7. The van der Waals surface area contributed by atoms with Crippen LogP contribution in [0.4, 0.5) is 4.39 Å². The molecule has 1 saturated heterocycles. The molecule has 1 aliphatic heterocycles. The number of aliphatic carboxylic acids is 1. The van der Waals surface area contributed by atoms with Crippen LogP contribution < -0.4 is 5.32 Å². The zero-order valence-corrected chi connectivity index (χ0v) is 14.0. The summed E-state index contributed by atoms with van der Waals surface area (Å²) in [5, 5.41) is 11.4. The number of carboxylic acid groups (broad SMARTS) is 1. The van der Waals surface area contributed by atoms with Gasteiger partial charge in [0, 0.05) is 12.1 Å². The van der Waals surface area contributed by atoms with Crippen molar-refractivity contribution in [3.8, 4) is 0 Å². The molecule has 2 rings (SSSR count). The van der Waals surface area contributed by atoms with Crippen molar-refractivity contribution < 1.29 is 23.9 Å². The van der Waals surface area contributed by atoms with Crippen LogP contribution in [0, 0.1) is 0 Å². The van der Waals surface area contributed by atoms with E-state index >= 15 is 0 Å². The van der Waals surface area contributed by atoms with E-state index in [0.29, 0.717) is 24.4 Å². The monoisotopic (exact) mass is 376 g/mol. The molecular formula is C15H15Cl2FN2O4. The second-order valence-electron chi connectivity index (χ2n) is 5.34. The summed E-state index contributed by atoms with van der Waals surface area (Å²) in [4.78, 5) is 36.9. The maximum Gasteiger partial charge on any atom is 0.328 e. The van der Waals surface area contributed by atoms with Crippen LogP contribution >= 0.6 is 23.2 Å². The van der Waals surface area contributed by atoms with Gasteiger partial charge in [0.1, 0.15) is 12.7 Å². The summed E-state index contributed by atoms with van der Waals surface area (Å²) in [7, 11) is 0. The number of carbonyl (C=O) groups is 3. The Morgan fingerprint density at radius 2 is 2.04 bits per heavy atom. The van der Waals surface area contributed by atoms with Gasteiger partial charge in [0.15, 0.2) is 6.04 Å². The van der Waals surface area contributed by atoms with Gasteiger partial charge in [-0.3, -0.25) is 9.59 Å². The van der Waals surface area contributed by atoms with Crippen molar-refractivity contribution in [3.63, 3.8) is 0 Å². The topological polar surface area (TPSA) is 86.7 Å². The second-order valence-corrected chi connectivity index (χ2v) is 6.15. The molecule has 2 N–H and O–H groups in total. The number of hydrogen-bond acceptors (Lipinski definition) is 3. The Bertz CT molecular complexity index is 671. The van der Waals surface area contributed by atoms with Crippen molar-refractivity contribution in [1.29, 1.82) is 0 Å². The molecule has 1 heterocycles. The summed E-state index contributed by atoms with van der Waals surface area (Å²) in [6, 6.07) is 1.90. The highest BCUT2D eigenvalue weighted by molar-refractivity contribution is 6.42. The van der Waals surface area contributed by atoms with Crippen molar-refractivity contribution in [1.82, 2.24) is 10.2 Å². The lowest BCUT2D eigenvalue weighted by molar-refractivity contribution is -0.142. The van der Waals surface area contributed by atoms with Crippen LogP contribution in [0.15, 0.2) is 18.2 Å². The van der Waals surface area contributed by atoms with Crippen LogP contribution in [0.1, 0.15) is 23.2 Å². The van der Waals surface area contributed by atoms with Crippen LogP contribution in [0.25, 0.3) is 0 Å². The van der Waals surface area contributed by atoms with Crippen LogP contribution in [0.3, 0.4) is 0 Å². The van der Waals surface area contributed by atoms with E-state index in [-0.39, 0.29) is 10.6 Å². The van der Waals surface area contributed by atoms with E-state index in [4.69, 9.17) is 28.3 Å². The number of benzene rings is 1. The molecule has 1 fully saturated rings. The van der Waals surface area contributed by atoms with E-state index in [2.05, 4.69) is 5.32 Å². The van der Waals surface area contributed by atoms with Crippen LogP contribution in [0.5, 0.6) is 0 Å². The Morgan fingerprint density at radius 3 is 2.62 bits per heavy atom. The van der Waals surface area contributed by atoms with Crippen molar-refractivity contribution in [2.75, 3.05) is 13.2 Å². The number of hydrogen-bond donors (Lipinski definition) is 2. The molecule has 0 spiro atoms. The fourth-order valence-corrected chi connectivity index (χ4v) is 2.81. The third-order valence-electron chi connectivity index (χ3n) is 3.75. The number of amides is 2. The summed E-state index contributed by atoms with van der Waals surface area (Å²) >= 11 is 11.7. The summed E-state index contributed by atoms with van der Waals surface area (Å²) < 4.78 is 12.7. The summed E-state index contributed by atoms with van der Waals surface area (Å²) in [5.41, 5.74) is 0.268. The normalized spacial score (nSPS) is 18.3. The Kier molecular flexibility index (Phi) is 6.01. The molecule has 2 amide bonds. The number of alkyl halides is 1. The highest BCUT2D eigenvalue weighted by Gasteiger charge is 2.36. The smallest absolute Gasteiger partial charge is 0.328 e. The molecule has 9 heteroatoms. The minimum absolute atomic E-state index is 0.214. The largest absolute Gasteiger partial charge is 0.480 e. The van der Waals surface area contributed by atoms with E-state index < -0.39 is 36.5 Å². The first-order chi connectivity index (χ1) is 11.3. The lowest BCUT2D eigenvalue weighted by atomic mass is 10.1. The molecule has 130 valence electrons. The quantitative estimate of drug-likeness (QED) is 0.823. The standard InChI is InChI=1S/C15H15Cl2FN2O4/c16-9-4-3-8(6-10(9)17)14(22)20-5-1-2-12(20)13(21)19-11(7-18)15(23)24/h3-4,6,11-12H,1-2,5,7H2,(H,19,21)(H,23,24). The number of carbonyl (C=O) groups excluding carboxylic acids is 2. The molecule has 1 aliphatic rings. The molecular weight excluding hydrogens is 362 g/mol. The van der Waals surface area contributed by atoms with Crippen molar-refractivity contribution in [2.45, 2.75) is 24.9 Å². The van der Waals surface area contributed by atoms with Gasteiger partial charge < -0.3 is 15.3 Å². The number of rotatable bonds is 5. The average molecular weight is 377 g/mol. The molecule has 0 bridgehead atoms. The number of likely N-dealkylation sites (tertiary alicyclic amines) is 1. The zero-order chi connectivity index (χ0) is 17.9. The Balaban J connectivity index is 2.14. The van der Waals surface area contributed by atoms with Gasteiger partial charge >= 0.3 is 5.97 Å². The summed E-state index contributed by atoms with van der Waals surface area (Å²) in [6.07, 6.45) is 0.954. The van der Waals surface area contributed by atoms with Gasteiger partial charge in [0.05, 0.1) is 10.0 Å². The molecule has 0 radical (unpaired) electrons. The van der Waals surface area contributed by atoms with E-state index in [1.807, 2.05) is 0 Å². The first-order valence-corrected chi connectivity index (χ1v) is 7.96. The van der Waals surface area contributed by atoms with Gasteiger partial charge in [-0.2, -0.15) is 0 Å². The van der Waals surface area contributed by atoms with Crippen molar-refractivity contribution in [2.24, 2.45) is 0 Å². The molecule has 1 aromatic rings. The predicted molar refractivity (Wildman–Crippen MR) is 86.1 cm³/mol. The van der Waals surface area contributed by atoms with E-state index in [1.165, 1.54) is 23.1 Å². The summed E-state index contributed by atoms with van der Waals surface area (Å²) in [5.74, 6) is -2.57. The lowest BCUT2D eigenvalue weighted by Crippen LogP contribution is -2.51. The van der Waals surface area contributed by atoms with Gasteiger partial charge in [-0.15, -0.1) is 0 Å². The molecule has 6 nitrogen and oxygen atoms in total. The van der Waals surface area contributed by atoms with Crippen LogP contribution in [0.2, 0.25) is 10.0 Å². The predicted octanol–water partition coefficient (Wildman–Crippen LogP) is 2.14. The molecule has 24 heavy (non-hydrogen) atoms. The van der Waals surface area contributed by atoms with Gasteiger partial charge in [0.2, 0.25) is 5.91 Å². The van der Waals surface area contributed by atoms with Crippen molar-refractivity contribution >= 4 is 41.0 Å². The molecule has 0 aromatic heterocycles. The maximum absolute atomic E-state index is 12.7. The fraction of sp³-hybridized carbons (Fsp3) is 0.400.